The van der Waals surface area contributed by atoms with Crippen molar-refractivity contribution in [1.29, 1.82) is 0 Å². The molecule has 23 heavy (non-hydrogen) atoms. The van der Waals surface area contributed by atoms with Gasteiger partial charge in [0.15, 0.2) is 5.52 Å². The van der Waals surface area contributed by atoms with E-state index in [1.807, 2.05) is 12.1 Å². The van der Waals surface area contributed by atoms with Crippen molar-refractivity contribution in [2.45, 2.75) is 11.2 Å². The first-order valence-electron chi connectivity index (χ1n) is 6.37. The lowest BCUT2D eigenvalue weighted by atomic mass is 10.2. The highest BCUT2D eigenvalue weighted by Crippen LogP contribution is 2.28. The van der Waals surface area contributed by atoms with Crippen LogP contribution in [0, 0.1) is 10.2 Å². The summed E-state index contributed by atoms with van der Waals surface area (Å²) in [6.07, 6.45) is 0. The lowest BCUT2D eigenvalue weighted by Gasteiger charge is -2.17. The second kappa shape index (κ2) is 6.63. The van der Waals surface area contributed by atoms with E-state index >= 15 is 0 Å². The number of para-hydroxylation sites is 1. The number of thioether (sulfide) groups is 1. The standard InChI is InChI=1S/C12H9IN4S.ClHO4/c13-5-7-6-18-12-15-11-10(16-17(7)12)8-3-1-2-4-9(8)14-11;2-1(3,4)5/h1-4,7H,5-6H2;(H,2,3,4,5). The van der Waals surface area contributed by atoms with Gasteiger partial charge in [0.1, 0.15) is 6.04 Å². The van der Waals surface area contributed by atoms with E-state index < -0.39 is 10.2 Å². The van der Waals surface area contributed by atoms with Crippen LogP contribution in [0.15, 0.2) is 29.4 Å². The van der Waals surface area contributed by atoms with Gasteiger partial charge >= 0.3 is 5.16 Å². The van der Waals surface area contributed by atoms with Crippen LogP contribution < -0.4 is 23.3 Å². The monoisotopic (exact) mass is 468 g/mol. The molecule has 4 rings (SSSR count). The fourth-order valence-electron chi connectivity index (χ4n) is 2.28. The SMILES string of the molecule is ICC1CSc2nc3[nH]c4ccccc4c3n[n+]21.[O-][Cl+3]([O-])([O-])[O-]. The summed E-state index contributed by atoms with van der Waals surface area (Å²) in [5.41, 5.74) is 2.98. The Labute approximate surface area is 150 Å². The van der Waals surface area contributed by atoms with Crippen molar-refractivity contribution in [2.24, 2.45) is 0 Å². The van der Waals surface area contributed by atoms with Crippen molar-refractivity contribution in [1.82, 2.24) is 15.1 Å². The molecule has 3 heterocycles. The first kappa shape index (κ1) is 17.1. The molecule has 0 saturated carbocycles. The highest BCUT2D eigenvalue weighted by atomic mass is 127. The molecule has 11 heteroatoms. The summed E-state index contributed by atoms with van der Waals surface area (Å²) >= 11 is 4.21. The van der Waals surface area contributed by atoms with Crippen molar-refractivity contribution >= 4 is 56.4 Å². The molecule has 2 aromatic heterocycles. The number of aromatic nitrogens is 4. The number of hydrogen-bond acceptors (Lipinski definition) is 7. The molecule has 0 spiro atoms. The molecule has 1 aliphatic heterocycles. The molecule has 8 nitrogen and oxygen atoms in total. The van der Waals surface area contributed by atoms with E-state index in [4.69, 9.17) is 28.7 Å². The van der Waals surface area contributed by atoms with Gasteiger partial charge in [-0.25, -0.2) is 18.6 Å². The molecule has 1 aromatic carbocycles. The Morgan fingerprint density at radius 2 is 2.00 bits per heavy atom. The third kappa shape index (κ3) is 3.84. The molecule has 1 atom stereocenters. The lowest BCUT2D eigenvalue weighted by molar-refractivity contribution is -2.00. The summed E-state index contributed by atoms with van der Waals surface area (Å²) in [7, 11) is -4.94. The molecule has 0 amide bonds. The number of nitrogens with zero attached hydrogens (tertiary/aromatic N) is 3. The molecule has 0 saturated heterocycles. The number of benzene rings is 1. The Morgan fingerprint density at radius 1 is 1.30 bits per heavy atom. The second-order valence-electron chi connectivity index (χ2n) is 4.70. The number of alkyl halides is 1. The highest BCUT2D eigenvalue weighted by Gasteiger charge is 2.33. The Balaban J connectivity index is 0.000000276. The zero-order valence-corrected chi connectivity index (χ0v) is 15.2. The van der Waals surface area contributed by atoms with Crippen molar-refractivity contribution in [3.8, 4) is 0 Å². The number of H-pyrrole nitrogens is 1. The zero-order chi connectivity index (χ0) is 16.6. The van der Waals surface area contributed by atoms with Crippen LogP contribution in [0.3, 0.4) is 0 Å². The zero-order valence-electron chi connectivity index (χ0n) is 11.4. The van der Waals surface area contributed by atoms with Gasteiger partial charge in [0.05, 0.1) is 5.52 Å². The number of rotatable bonds is 1. The maximum Gasteiger partial charge on any atom is 0.382 e. The van der Waals surface area contributed by atoms with Crippen LogP contribution in [0.2, 0.25) is 0 Å². The predicted octanol–water partition coefficient (Wildman–Crippen LogP) is -2.28. The fourth-order valence-corrected chi connectivity index (χ4v) is 4.47. The van der Waals surface area contributed by atoms with Crippen LogP contribution in [0.1, 0.15) is 6.04 Å². The van der Waals surface area contributed by atoms with Gasteiger partial charge in [-0.1, -0.05) is 45.9 Å². The van der Waals surface area contributed by atoms with Crippen LogP contribution >= 0.6 is 34.4 Å². The third-order valence-corrected chi connectivity index (χ3v) is 5.30. The lowest BCUT2D eigenvalue weighted by Crippen LogP contribution is -2.68. The molecule has 1 N–H and O–H groups in total. The van der Waals surface area contributed by atoms with Gasteiger partial charge < -0.3 is 4.98 Å². The average Bonchev–Trinajstić information content (AvgIpc) is 3.03. The minimum absolute atomic E-state index is 0.469. The average molecular weight is 469 g/mol. The molecular weight excluding hydrogens is 459 g/mol. The molecule has 0 fully saturated rings. The molecule has 1 unspecified atom stereocenters. The molecule has 3 aromatic rings. The number of halogens is 2. The summed E-state index contributed by atoms with van der Waals surface area (Å²) in [6, 6.07) is 8.70. The van der Waals surface area contributed by atoms with Crippen LogP contribution in [-0.4, -0.2) is 25.2 Å². The quantitative estimate of drug-likeness (QED) is 0.241. The second-order valence-corrected chi connectivity index (χ2v) is 7.33. The normalized spacial score (nSPS) is 17.2. The first-order valence-corrected chi connectivity index (χ1v) is 10.1. The Kier molecular flexibility index (Phi) is 4.92. The molecular formula is C12H10ClIN4O4S. The number of nitrogens with one attached hydrogen (secondary N) is 1. The molecule has 1 aliphatic rings. The van der Waals surface area contributed by atoms with Gasteiger partial charge in [0, 0.05) is 15.6 Å². The summed E-state index contributed by atoms with van der Waals surface area (Å²) in [6.45, 7) is 0. The summed E-state index contributed by atoms with van der Waals surface area (Å²) in [4.78, 5) is 8.03. The number of aromatic amines is 1. The fraction of sp³-hybridized carbons (Fsp3) is 0.250. The van der Waals surface area contributed by atoms with Gasteiger partial charge in [-0.15, -0.1) is 14.9 Å². The minimum Gasteiger partial charge on any atom is -0.317 e. The summed E-state index contributed by atoms with van der Waals surface area (Å²) in [5, 5.41) is 6.97. The van der Waals surface area contributed by atoms with E-state index in [-0.39, 0.29) is 0 Å². The van der Waals surface area contributed by atoms with Gasteiger partial charge in [-0.05, 0) is 22.8 Å². The van der Waals surface area contributed by atoms with Crippen LogP contribution in [0.5, 0.6) is 0 Å². The first-order chi connectivity index (χ1) is 10.9. The topological polar surface area (TPSA) is 138 Å². The molecule has 0 aliphatic carbocycles. The predicted molar refractivity (Wildman–Crippen MR) is 80.2 cm³/mol. The van der Waals surface area contributed by atoms with Crippen molar-refractivity contribution < 1.29 is 33.6 Å². The Morgan fingerprint density at radius 3 is 2.70 bits per heavy atom. The van der Waals surface area contributed by atoms with E-state index in [2.05, 4.69) is 44.4 Å². The minimum atomic E-state index is -4.94. The van der Waals surface area contributed by atoms with E-state index in [0.29, 0.717) is 6.04 Å². The van der Waals surface area contributed by atoms with Gasteiger partial charge in [0.25, 0.3) is 5.65 Å². The Hall–Kier alpha value is -0.760. The van der Waals surface area contributed by atoms with E-state index in [1.165, 1.54) is 0 Å². The van der Waals surface area contributed by atoms with Gasteiger partial charge in [-0.3, -0.25) is 0 Å². The van der Waals surface area contributed by atoms with Crippen LogP contribution in [0.25, 0.3) is 22.1 Å². The van der Waals surface area contributed by atoms with Gasteiger partial charge in [-0.2, -0.15) is 0 Å². The van der Waals surface area contributed by atoms with Gasteiger partial charge in [0.2, 0.25) is 0 Å². The molecule has 0 radical (unpaired) electrons. The van der Waals surface area contributed by atoms with Crippen molar-refractivity contribution in [3.63, 3.8) is 0 Å². The van der Waals surface area contributed by atoms with E-state index in [9.17, 15) is 0 Å². The van der Waals surface area contributed by atoms with E-state index in [1.54, 1.807) is 11.8 Å². The van der Waals surface area contributed by atoms with Crippen LogP contribution in [-0.2, 0) is 0 Å². The molecule has 122 valence electrons. The third-order valence-electron chi connectivity index (χ3n) is 3.20. The maximum atomic E-state index is 8.49. The summed E-state index contributed by atoms with van der Waals surface area (Å²) in [5.74, 6) is 1.08. The largest absolute Gasteiger partial charge is 0.382 e. The number of fused-ring (bicyclic) bond motifs is 4. The number of hydrogen-bond donors (Lipinski definition) is 1. The highest BCUT2D eigenvalue weighted by molar-refractivity contribution is 14.1. The van der Waals surface area contributed by atoms with E-state index in [0.717, 1.165) is 37.4 Å². The van der Waals surface area contributed by atoms with Crippen molar-refractivity contribution in [2.75, 3.05) is 10.2 Å². The van der Waals surface area contributed by atoms with Crippen molar-refractivity contribution in [3.05, 3.63) is 24.3 Å². The Bertz CT molecular complexity index is 850. The van der Waals surface area contributed by atoms with Crippen LogP contribution in [0.4, 0.5) is 0 Å². The smallest absolute Gasteiger partial charge is 0.317 e. The molecule has 0 bridgehead atoms. The summed E-state index contributed by atoms with van der Waals surface area (Å²) < 4.78 is 37.1. The maximum absolute atomic E-state index is 8.49.